The SMILES string of the molecule is Nc1ccn(CC(=O)NCc2ccccc2OC(F)F)n1. The van der Waals surface area contributed by atoms with Crippen molar-refractivity contribution in [1.29, 1.82) is 0 Å². The van der Waals surface area contributed by atoms with E-state index in [9.17, 15) is 13.6 Å². The van der Waals surface area contributed by atoms with E-state index in [-0.39, 0.29) is 24.7 Å². The molecule has 1 heterocycles. The number of rotatable bonds is 6. The van der Waals surface area contributed by atoms with Crippen molar-refractivity contribution < 1.29 is 18.3 Å². The van der Waals surface area contributed by atoms with Gasteiger partial charge in [-0.3, -0.25) is 9.48 Å². The number of ether oxygens (including phenoxy) is 1. The summed E-state index contributed by atoms with van der Waals surface area (Å²) in [4.78, 5) is 11.7. The molecule has 0 radical (unpaired) electrons. The molecule has 0 saturated carbocycles. The fourth-order valence-corrected chi connectivity index (χ4v) is 1.72. The summed E-state index contributed by atoms with van der Waals surface area (Å²) in [5, 5.41) is 6.48. The van der Waals surface area contributed by atoms with Gasteiger partial charge in [0.2, 0.25) is 5.91 Å². The zero-order chi connectivity index (χ0) is 15.2. The van der Waals surface area contributed by atoms with Gasteiger partial charge in [-0.25, -0.2) is 0 Å². The van der Waals surface area contributed by atoms with E-state index >= 15 is 0 Å². The van der Waals surface area contributed by atoms with Crippen LogP contribution >= 0.6 is 0 Å². The van der Waals surface area contributed by atoms with Gasteiger partial charge in [-0.1, -0.05) is 18.2 Å². The summed E-state index contributed by atoms with van der Waals surface area (Å²) in [6, 6.07) is 7.84. The first-order valence-corrected chi connectivity index (χ1v) is 6.13. The number of aromatic nitrogens is 2. The Labute approximate surface area is 119 Å². The molecule has 1 aromatic carbocycles. The first-order valence-electron chi connectivity index (χ1n) is 6.13. The second kappa shape index (κ2) is 6.69. The molecule has 0 saturated heterocycles. The number of halogens is 2. The quantitative estimate of drug-likeness (QED) is 0.844. The molecule has 2 aromatic rings. The second-order valence-corrected chi connectivity index (χ2v) is 4.20. The van der Waals surface area contributed by atoms with Gasteiger partial charge in [-0.05, 0) is 12.1 Å². The van der Waals surface area contributed by atoms with Crippen LogP contribution < -0.4 is 15.8 Å². The fourth-order valence-electron chi connectivity index (χ4n) is 1.72. The Morgan fingerprint density at radius 1 is 1.38 bits per heavy atom. The van der Waals surface area contributed by atoms with Gasteiger partial charge < -0.3 is 15.8 Å². The van der Waals surface area contributed by atoms with E-state index < -0.39 is 6.61 Å². The number of nitrogens with zero attached hydrogens (tertiary/aromatic N) is 2. The van der Waals surface area contributed by atoms with Crippen LogP contribution in [0.1, 0.15) is 5.56 Å². The Kier molecular flexibility index (Phi) is 4.70. The molecule has 0 unspecified atom stereocenters. The van der Waals surface area contributed by atoms with E-state index in [0.717, 1.165) is 0 Å². The molecule has 0 atom stereocenters. The zero-order valence-corrected chi connectivity index (χ0v) is 11.0. The summed E-state index contributed by atoms with van der Waals surface area (Å²) >= 11 is 0. The van der Waals surface area contributed by atoms with Crippen LogP contribution in [0.3, 0.4) is 0 Å². The van der Waals surface area contributed by atoms with Gasteiger partial charge >= 0.3 is 6.61 Å². The molecule has 0 bridgehead atoms. The van der Waals surface area contributed by atoms with Crippen LogP contribution in [0.15, 0.2) is 36.5 Å². The fraction of sp³-hybridized carbons (Fsp3) is 0.231. The number of nitrogens with two attached hydrogens (primary N) is 1. The number of hydrogen-bond donors (Lipinski definition) is 2. The number of carbonyl (C=O) groups excluding carboxylic acids is 1. The first kappa shape index (κ1) is 14.8. The van der Waals surface area contributed by atoms with Gasteiger partial charge in [-0.2, -0.15) is 13.9 Å². The van der Waals surface area contributed by atoms with Crippen molar-refractivity contribution in [1.82, 2.24) is 15.1 Å². The number of alkyl halides is 2. The zero-order valence-electron chi connectivity index (χ0n) is 11.0. The van der Waals surface area contributed by atoms with Crippen molar-refractivity contribution in [2.75, 3.05) is 5.73 Å². The lowest BCUT2D eigenvalue weighted by atomic mass is 10.2. The molecule has 6 nitrogen and oxygen atoms in total. The number of para-hydroxylation sites is 1. The molecule has 0 aliphatic heterocycles. The Balaban J connectivity index is 1.92. The van der Waals surface area contributed by atoms with Crippen LogP contribution in [0.4, 0.5) is 14.6 Å². The van der Waals surface area contributed by atoms with E-state index in [2.05, 4.69) is 15.2 Å². The molecule has 8 heteroatoms. The highest BCUT2D eigenvalue weighted by Gasteiger charge is 2.10. The molecule has 1 aromatic heterocycles. The number of amides is 1. The largest absolute Gasteiger partial charge is 0.434 e. The van der Waals surface area contributed by atoms with Crippen LogP contribution in [-0.2, 0) is 17.9 Å². The maximum atomic E-state index is 12.3. The van der Waals surface area contributed by atoms with Crippen molar-refractivity contribution in [3.05, 3.63) is 42.1 Å². The van der Waals surface area contributed by atoms with Crippen molar-refractivity contribution in [2.24, 2.45) is 0 Å². The van der Waals surface area contributed by atoms with Crippen LogP contribution in [0, 0.1) is 0 Å². The lowest BCUT2D eigenvalue weighted by Gasteiger charge is -2.11. The summed E-state index contributed by atoms with van der Waals surface area (Å²) < 4.78 is 30.3. The van der Waals surface area contributed by atoms with Crippen LogP contribution in [0.25, 0.3) is 0 Å². The minimum atomic E-state index is -2.91. The standard InChI is InChI=1S/C13H14F2N4O2/c14-13(15)21-10-4-2-1-3-9(10)7-17-12(20)8-19-6-5-11(16)18-19/h1-6,13H,7-8H2,(H2,16,18)(H,17,20). The Morgan fingerprint density at radius 3 is 2.81 bits per heavy atom. The van der Waals surface area contributed by atoms with Gasteiger partial charge in [0, 0.05) is 18.3 Å². The molecule has 0 aliphatic carbocycles. The van der Waals surface area contributed by atoms with E-state index in [1.807, 2.05) is 0 Å². The number of anilines is 1. The van der Waals surface area contributed by atoms with Crippen molar-refractivity contribution in [3.63, 3.8) is 0 Å². The average Bonchev–Trinajstić information content (AvgIpc) is 2.82. The first-order chi connectivity index (χ1) is 10.0. The predicted molar refractivity (Wildman–Crippen MR) is 71.6 cm³/mol. The number of hydrogen-bond acceptors (Lipinski definition) is 4. The van der Waals surface area contributed by atoms with Gasteiger partial charge in [0.05, 0.1) is 0 Å². The molecule has 1 amide bonds. The number of nitrogens with one attached hydrogen (secondary N) is 1. The van der Waals surface area contributed by atoms with Gasteiger partial charge in [-0.15, -0.1) is 0 Å². The third-order valence-corrected chi connectivity index (χ3v) is 2.63. The van der Waals surface area contributed by atoms with Gasteiger partial charge in [0.15, 0.2) is 0 Å². The van der Waals surface area contributed by atoms with Crippen LogP contribution in [0.5, 0.6) is 5.75 Å². The number of benzene rings is 1. The minimum absolute atomic E-state index is 0.00489. The summed E-state index contributed by atoms with van der Waals surface area (Å²) in [6.45, 7) is -2.83. The number of nitrogen functional groups attached to an aromatic ring is 1. The molecular formula is C13H14F2N4O2. The molecule has 0 spiro atoms. The highest BCUT2D eigenvalue weighted by Crippen LogP contribution is 2.19. The Morgan fingerprint density at radius 2 is 2.14 bits per heavy atom. The van der Waals surface area contributed by atoms with Crippen molar-refractivity contribution >= 4 is 11.7 Å². The smallest absolute Gasteiger partial charge is 0.387 e. The minimum Gasteiger partial charge on any atom is -0.434 e. The summed E-state index contributed by atoms with van der Waals surface area (Å²) in [7, 11) is 0. The summed E-state index contributed by atoms with van der Waals surface area (Å²) in [5.74, 6) is 0.0413. The normalized spacial score (nSPS) is 10.6. The second-order valence-electron chi connectivity index (χ2n) is 4.20. The highest BCUT2D eigenvalue weighted by molar-refractivity contribution is 5.75. The molecule has 21 heavy (non-hydrogen) atoms. The molecule has 3 N–H and O–H groups in total. The van der Waals surface area contributed by atoms with E-state index in [4.69, 9.17) is 5.73 Å². The molecule has 0 aliphatic rings. The summed E-state index contributed by atoms with van der Waals surface area (Å²) in [6.07, 6.45) is 1.57. The maximum absolute atomic E-state index is 12.3. The van der Waals surface area contributed by atoms with Crippen LogP contribution in [0.2, 0.25) is 0 Å². The Hall–Kier alpha value is -2.64. The van der Waals surface area contributed by atoms with Crippen molar-refractivity contribution in [3.8, 4) is 5.75 Å². The monoisotopic (exact) mass is 296 g/mol. The molecular weight excluding hydrogens is 282 g/mol. The highest BCUT2D eigenvalue weighted by atomic mass is 19.3. The van der Waals surface area contributed by atoms with E-state index in [1.54, 1.807) is 30.5 Å². The number of carbonyl (C=O) groups is 1. The maximum Gasteiger partial charge on any atom is 0.387 e. The molecule has 0 fully saturated rings. The van der Waals surface area contributed by atoms with E-state index in [0.29, 0.717) is 11.4 Å². The lowest BCUT2D eigenvalue weighted by molar-refractivity contribution is -0.122. The van der Waals surface area contributed by atoms with E-state index in [1.165, 1.54) is 10.7 Å². The van der Waals surface area contributed by atoms with Crippen molar-refractivity contribution in [2.45, 2.75) is 19.7 Å². The predicted octanol–water partition coefficient (Wildman–Crippen LogP) is 1.38. The van der Waals surface area contributed by atoms with Crippen LogP contribution in [-0.4, -0.2) is 22.3 Å². The Bertz CT molecular complexity index is 616. The third-order valence-electron chi connectivity index (χ3n) is 2.63. The molecule has 2 rings (SSSR count). The average molecular weight is 296 g/mol. The van der Waals surface area contributed by atoms with Gasteiger partial charge in [0.25, 0.3) is 0 Å². The van der Waals surface area contributed by atoms with Gasteiger partial charge in [0.1, 0.15) is 18.1 Å². The lowest BCUT2D eigenvalue weighted by Crippen LogP contribution is -2.27. The summed E-state index contributed by atoms with van der Waals surface area (Å²) in [5.41, 5.74) is 5.90. The topological polar surface area (TPSA) is 82.2 Å². The molecule has 112 valence electrons. The third kappa shape index (κ3) is 4.44.